The Bertz CT molecular complexity index is 1140. The number of benzene rings is 2. The molecule has 39 heavy (non-hydrogen) atoms. The first-order valence-electron chi connectivity index (χ1n) is 13.4. The molecule has 0 aromatic heterocycles. The van der Waals surface area contributed by atoms with E-state index in [4.69, 9.17) is 0 Å². The zero-order valence-electron chi connectivity index (χ0n) is 22.8. The molecule has 0 spiro atoms. The van der Waals surface area contributed by atoms with Crippen molar-refractivity contribution in [3.8, 4) is 0 Å². The van der Waals surface area contributed by atoms with Gasteiger partial charge in [-0.1, -0.05) is 38.1 Å². The number of hydrogen-bond donors (Lipinski definition) is 3. The van der Waals surface area contributed by atoms with E-state index in [1.54, 1.807) is 13.8 Å². The fraction of sp³-hybridized carbons (Fsp3) is 0.483. The van der Waals surface area contributed by atoms with Crippen LogP contribution in [0.1, 0.15) is 43.9 Å². The largest absolute Gasteiger partial charge is 0.390 e. The topological polar surface area (TPSA) is 102 Å². The lowest BCUT2D eigenvalue weighted by atomic mass is 10.00. The minimum atomic E-state index is -1.10. The maximum absolute atomic E-state index is 13.8. The molecule has 1 saturated heterocycles. The van der Waals surface area contributed by atoms with Gasteiger partial charge in [-0.25, -0.2) is 8.78 Å². The van der Waals surface area contributed by atoms with Crippen LogP contribution in [0.15, 0.2) is 42.5 Å². The number of amides is 3. The molecule has 0 aliphatic carbocycles. The highest BCUT2D eigenvalue weighted by Gasteiger charge is 2.38. The lowest BCUT2D eigenvalue weighted by Crippen LogP contribution is -2.61. The molecule has 1 aliphatic heterocycles. The summed E-state index contributed by atoms with van der Waals surface area (Å²) in [5.74, 6) is -2.65. The van der Waals surface area contributed by atoms with Crippen molar-refractivity contribution in [2.45, 2.75) is 64.8 Å². The molecule has 2 aromatic carbocycles. The number of halogens is 2. The zero-order valence-corrected chi connectivity index (χ0v) is 22.8. The summed E-state index contributed by atoms with van der Waals surface area (Å²) in [6.07, 6.45) is 0.181. The van der Waals surface area contributed by atoms with Gasteiger partial charge in [0.2, 0.25) is 17.7 Å². The van der Waals surface area contributed by atoms with Gasteiger partial charge >= 0.3 is 0 Å². The lowest BCUT2D eigenvalue weighted by Gasteiger charge is -2.39. The van der Waals surface area contributed by atoms with Gasteiger partial charge in [-0.3, -0.25) is 14.4 Å². The number of rotatable bonds is 13. The molecule has 1 fully saturated rings. The molecular weight excluding hydrogens is 506 g/mol. The number of nitrogens with zero attached hydrogens (tertiary/aromatic N) is 2. The molecule has 212 valence electrons. The third kappa shape index (κ3) is 8.31. The fourth-order valence-electron chi connectivity index (χ4n) is 4.93. The molecular formula is C29H38F2N4O4. The Kier molecular flexibility index (Phi) is 10.9. The predicted octanol–water partition coefficient (Wildman–Crippen LogP) is 2.17. The molecule has 3 N–H and O–H groups in total. The maximum Gasteiger partial charge on any atom is 0.246 e. The van der Waals surface area contributed by atoms with Crippen LogP contribution in [0, 0.1) is 11.6 Å². The number of aliphatic hydroxyl groups excluding tert-OH is 1. The van der Waals surface area contributed by atoms with E-state index in [1.807, 2.05) is 18.2 Å². The van der Waals surface area contributed by atoms with Crippen LogP contribution in [-0.4, -0.2) is 77.0 Å². The van der Waals surface area contributed by atoms with Gasteiger partial charge in [-0.05, 0) is 55.0 Å². The van der Waals surface area contributed by atoms with Gasteiger partial charge in [0, 0.05) is 25.7 Å². The molecule has 10 heteroatoms. The molecule has 1 heterocycles. The average molecular weight is 545 g/mol. The Morgan fingerprint density at radius 3 is 2.38 bits per heavy atom. The highest BCUT2D eigenvalue weighted by molar-refractivity contribution is 5.97. The minimum absolute atomic E-state index is 0.0390. The van der Waals surface area contributed by atoms with Crippen molar-refractivity contribution in [1.29, 1.82) is 0 Å². The van der Waals surface area contributed by atoms with E-state index in [-0.39, 0.29) is 43.4 Å². The molecule has 8 nitrogen and oxygen atoms in total. The van der Waals surface area contributed by atoms with Crippen molar-refractivity contribution in [3.63, 3.8) is 0 Å². The molecule has 0 bridgehead atoms. The van der Waals surface area contributed by atoms with Crippen molar-refractivity contribution in [1.82, 2.24) is 20.4 Å². The van der Waals surface area contributed by atoms with Crippen LogP contribution >= 0.6 is 0 Å². The van der Waals surface area contributed by atoms with Crippen molar-refractivity contribution in [2.24, 2.45) is 0 Å². The highest BCUT2D eigenvalue weighted by Crippen LogP contribution is 2.16. The van der Waals surface area contributed by atoms with Crippen molar-refractivity contribution < 1.29 is 28.3 Å². The average Bonchev–Trinajstić information content (AvgIpc) is 2.89. The second-order valence-electron chi connectivity index (χ2n) is 9.83. The van der Waals surface area contributed by atoms with Crippen LogP contribution < -0.4 is 10.6 Å². The summed E-state index contributed by atoms with van der Waals surface area (Å²) in [4.78, 5) is 41.2. The smallest absolute Gasteiger partial charge is 0.246 e. The Labute approximate surface area is 228 Å². The highest BCUT2D eigenvalue weighted by atomic mass is 19.1. The van der Waals surface area contributed by atoms with Crippen LogP contribution in [0.25, 0.3) is 0 Å². The van der Waals surface area contributed by atoms with E-state index < -0.39 is 35.7 Å². The summed E-state index contributed by atoms with van der Waals surface area (Å²) in [5.41, 5.74) is 2.49. The molecule has 1 aliphatic rings. The van der Waals surface area contributed by atoms with Gasteiger partial charge in [-0.15, -0.1) is 0 Å². The second kappa shape index (κ2) is 14.1. The summed E-state index contributed by atoms with van der Waals surface area (Å²) in [6.45, 7) is 6.07. The molecule has 3 rings (SSSR count). The number of hydrogen-bond acceptors (Lipinski definition) is 5. The van der Waals surface area contributed by atoms with Crippen LogP contribution in [0.4, 0.5) is 8.78 Å². The number of nitrogens with one attached hydrogen (secondary N) is 2. The predicted molar refractivity (Wildman–Crippen MR) is 144 cm³/mol. The van der Waals surface area contributed by atoms with Crippen LogP contribution in [0.5, 0.6) is 0 Å². The van der Waals surface area contributed by atoms with E-state index >= 15 is 0 Å². The van der Waals surface area contributed by atoms with Gasteiger partial charge in [0.1, 0.15) is 30.8 Å². The Hall–Kier alpha value is -3.37. The van der Waals surface area contributed by atoms with Crippen molar-refractivity contribution in [2.75, 3.05) is 26.2 Å². The Morgan fingerprint density at radius 2 is 1.74 bits per heavy atom. The van der Waals surface area contributed by atoms with Gasteiger partial charge in [0.25, 0.3) is 0 Å². The summed E-state index contributed by atoms with van der Waals surface area (Å²) in [6, 6.07) is 9.54. The number of aryl methyl sites for hydroxylation is 1. The number of piperazine rings is 1. The van der Waals surface area contributed by atoms with Gasteiger partial charge < -0.3 is 25.5 Å². The molecule has 0 radical (unpaired) electrons. The van der Waals surface area contributed by atoms with E-state index in [0.29, 0.717) is 19.5 Å². The number of carbonyl (C=O) groups excluding carboxylic acids is 3. The first-order valence-corrected chi connectivity index (χ1v) is 13.4. The second-order valence-corrected chi connectivity index (χ2v) is 9.83. The third-order valence-corrected chi connectivity index (χ3v) is 6.95. The lowest BCUT2D eigenvalue weighted by molar-refractivity contribution is -0.157. The maximum atomic E-state index is 13.8. The molecule has 3 atom stereocenters. The van der Waals surface area contributed by atoms with E-state index in [1.165, 1.54) is 15.4 Å². The zero-order chi connectivity index (χ0) is 28.5. The van der Waals surface area contributed by atoms with Crippen molar-refractivity contribution >= 4 is 17.7 Å². The molecule has 0 unspecified atom stereocenters. The number of likely N-dealkylation sites (N-methyl/N-ethyl adjacent to an activating group) is 1. The van der Waals surface area contributed by atoms with Crippen LogP contribution in [0.3, 0.4) is 0 Å². The first kappa shape index (κ1) is 30.2. The molecule has 3 amide bonds. The molecule has 2 aromatic rings. The van der Waals surface area contributed by atoms with Crippen LogP contribution in [-0.2, 0) is 33.8 Å². The Balaban J connectivity index is 1.69. The third-order valence-electron chi connectivity index (χ3n) is 6.95. The SMILES string of the molecule is CCc1cccc(CNC[C@@H](O)[C@H](Cc2cc(F)cc(F)c2)NC(=O)CN2CC(=O)N(CC)[C@@H](CC)C2=O)c1. The minimum Gasteiger partial charge on any atom is -0.390 e. The summed E-state index contributed by atoms with van der Waals surface area (Å²) in [7, 11) is 0. The van der Waals surface area contributed by atoms with E-state index in [2.05, 4.69) is 23.6 Å². The monoisotopic (exact) mass is 544 g/mol. The Morgan fingerprint density at radius 1 is 1.05 bits per heavy atom. The van der Waals surface area contributed by atoms with E-state index in [9.17, 15) is 28.3 Å². The molecule has 0 saturated carbocycles. The summed E-state index contributed by atoms with van der Waals surface area (Å²) in [5, 5.41) is 16.9. The van der Waals surface area contributed by atoms with E-state index in [0.717, 1.165) is 30.2 Å². The normalized spacial score (nSPS) is 17.3. The summed E-state index contributed by atoms with van der Waals surface area (Å²) < 4.78 is 27.7. The fourth-order valence-corrected chi connectivity index (χ4v) is 4.93. The van der Waals surface area contributed by atoms with Gasteiger partial charge in [0.05, 0.1) is 12.1 Å². The number of carbonyl (C=O) groups is 3. The van der Waals surface area contributed by atoms with Gasteiger partial charge in [0.15, 0.2) is 0 Å². The van der Waals surface area contributed by atoms with Crippen LogP contribution in [0.2, 0.25) is 0 Å². The first-order chi connectivity index (χ1) is 18.6. The summed E-state index contributed by atoms with van der Waals surface area (Å²) >= 11 is 0. The van der Waals surface area contributed by atoms with Crippen molar-refractivity contribution in [3.05, 3.63) is 70.8 Å². The van der Waals surface area contributed by atoms with Gasteiger partial charge in [-0.2, -0.15) is 0 Å². The number of aliphatic hydroxyl groups is 1. The quantitative estimate of drug-likeness (QED) is 0.359. The standard InChI is InChI=1S/C29H38F2N4O4/c1-4-19-8-7-9-20(10-19)15-32-16-26(36)24(13-21-11-22(30)14-23(31)12-21)33-27(37)17-34-18-28(38)35(6-3)25(5-2)29(34)39/h7-12,14,24-26,32,36H,4-6,13,15-18H2,1-3H3,(H,33,37)/t24-,25-,26+/m0/s1.